The average Bonchev–Trinajstić information content (AvgIpc) is 2.25. The molecule has 1 heterocycles. The second kappa shape index (κ2) is 6.48. The van der Waals surface area contributed by atoms with Crippen molar-refractivity contribution < 1.29 is 0 Å². The second-order valence-electron chi connectivity index (χ2n) is 3.62. The van der Waals surface area contributed by atoms with Gasteiger partial charge in [0.2, 0.25) is 0 Å². The third-order valence-corrected chi connectivity index (χ3v) is 3.89. The Hall–Kier alpha value is -0.0900. The highest BCUT2D eigenvalue weighted by atomic mass is 79.9. The minimum absolute atomic E-state index is 0.744. The number of thioether (sulfide) groups is 1. The largest absolute Gasteiger partial charge is 0.227 e. The molecule has 0 radical (unpaired) electrons. The molecule has 0 spiro atoms. The Balaban J connectivity index is 2.64. The summed E-state index contributed by atoms with van der Waals surface area (Å²) in [6.07, 6.45) is 2.11. The van der Waals surface area contributed by atoms with Gasteiger partial charge < -0.3 is 0 Å². The summed E-state index contributed by atoms with van der Waals surface area (Å²) in [4.78, 5) is 8.77. The first-order valence-electron chi connectivity index (χ1n) is 5.32. The van der Waals surface area contributed by atoms with Crippen molar-refractivity contribution in [3.8, 4) is 0 Å². The van der Waals surface area contributed by atoms with E-state index in [1.807, 2.05) is 17.8 Å². The van der Waals surface area contributed by atoms with Gasteiger partial charge >= 0.3 is 0 Å². The molecule has 1 aromatic rings. The predicted molar refractivity (Wildman–Crippen MR) is 69.3 cm³/mol. The molecule has 0 aromatic carbocycles. The number of aryl methyl sites for hydroxylation is 1. The zero-order chi connectivity index (χ0) is 11.3. The first kappa shape index (κ1) is 13.0. The molecule has 1 aromatic heterocycles. The molecule has 1 rings (SSSR count). The fourth-order valence-electron chi connectivity index (χ4n) is 1.02. The van der Waals surface area contributed by atoms with Gasteiger partial charge in [-0.05, 0) is 21.8 Å². The van der Waals surface area contributed by atoms with Gasteiger partial charge in [0, 0.05) is 18.2 Å². The van der Waals surface area contributed by atoms with Crippen LogP contribution in [0.5, 0.6) is 0 Å². The molecule has 0 saturated heterocycles. The van der Waals surface area contributed by atoms with E-state index in [4.69, 9.17) is 0 Å². The molecule has 0 aliphatic rings. The van der Waals surface area contributed by atoms with Crippen LogP contribution >= 0.6 is 27.7 Å². The molecule has 0 saturated carbocycles. The van der Waals surface area contributed by atoms with Gasteiger partial charge in [-0.25, -0.2) is 9.97 Å². The molecule has 0 aliphatic heterocycles. The highest BCUT2D eigenvalue weighted by Gasteiger charge is 2.04. The summed E-state index contributed by atoms with van der Waals surface area (Å²) in [7, 11) is 0. The van der Waals surface area contributed by atoms with Crippen LogP contribution < -0.4 is 0 Å². The van der Waals surface area contributed by atoms with Crippen molar-refractivity contribution in [1.82, 2.24) is 9.97 Å². The fourth-order valence-corrected chi connectivity index (χ4v) is 2.65. The molecular weight excluding hydrogens is 272 g/mol. The van der Waals surface area contributed by atoms with E-state index in [1.165, 1.54) is 6.42 Å². The zero-order valence-corrected chi connectivity index (χ0v) is 11.9. The summed E-state index contributed by atoms with van der Waals surface area (Å²) in [5, 5.41) is 1.08. The van der Waals surface area contributed by atoms with Crippen LogP contribution in [0.1, 0.15) is 33.0 Å². The van der Waals surface area contributed by atoms with Gasteiger partial charge in [-0.3, -0.25) is 0 Å². The van der Waals surface area contributed by atoms with E-state index in [2.05, 4.69) is 46.7 Å². The average molecular weight is 289 g/mol. The smallest absolute Gasteiger partial charge is 0.130 e. The van der Waals surface area contributed by atoms with E-state index in [1.54, 1.807) is 0 Å². The minimum atomic E-state index is 0.744. The lowest BCUT2D eigenvalue weighted by atomic mass is 10.2. The van der Waals surface area contributed by atoms with Crippen molar-refractivity contribution in [2.75, 3.05) is 5.75 Å². The predicted octanol–water partition coefficient (Wildman–Crippen LogP) is 3.94. The van der Waals surface area contributed by atoms with Crippen LogP contribution in [0, 0.1) is 5.92 Å². The normalized spacial score (nSPS) is 12.8. The first-order valence-corrected chi connectivity index (χ1v) is 7.09. The Morgan fingerprint density at radius 1 is 1.40 bits per heavy atom. The zero-order valence-electron chi connectivity index (χ0n) is 9.46. The van der Waals surface area contributed by atoms with Crippen LogP contribution in [0.2, 0.25) is 0 Å². The van der Waals surface area contributed by atoms with Crippen LogP contribution in [-0.4, -0.2) is 15.7 Å². The van der Waals surface area contributed by atoms with Crippen molar-refractivity contribution in [3.05, 3.63) is 16.5 Å². The monoisotopic (exact) mass is 288 g/mol. The standard InChI is InChI=1S/C11H17BrN2S/c1-4-8(3)7-15-11-6-9(12)13-10(5-2)14-11/h6,8H,4-5,7H2,1-3H3. The van der Waals surface area contributed by atoms with Gasteiger partial charge in [0.1, 0.15) is 15.5 Å². The highest BCUT2D eigenvalue weighted by Crippen LogP contribution is 2.22. The maximum atomic E-state index is 4.48. The summed E-state index contributed by atoms with van der Waals surface area (Å²) in [5.41, 5.74) is 0. The number of aromatic nitrogens is 2. The molecule has 0 fully saturated rings. The lowest BCUT2D eigenvalue weighted by molar-refractivity contribution is 0.636. The van der Waals surface area contributed by atoms with E-state index in [0.717, 1.165) is 33.5 Å². The summed E-state index contributed by atoms with van der Waals surface area (Å²) in [5.74, 6) is 2.79. The molecule has 0 aliphatic carbocycles. The fraction of sp³-hybridized carbons (Fsp3) is 0.636. The Labute approximate surface area is 104 Å². The summed E-state index contributed by atoms with van der Waals surface area (Å²) in [6.45, 7) is 6.56. The summed E-state index contributed by atoms with van der Waals surface area (Å²) in [6, 6.07) is 1.99. The molecule has 0 N–H and O–H groups in total. The van der Waals surface area contributed by atoms with E-state index >= 15 is 0 Å². The van der Waals surface area contributed by atoms with Crippen LogP contribution in [0.25, 0.3) is 0 Å². The Bertz CT molecular complexity index is 317. The van der Waals surface area contributed by atoms with Crippen molar-refractivity contribution in [3.63, 3.8) is 0 Å². The van der Waals surface area contributed by atoms with Crippen molar-refractivity contribution in [2.24, 2.45) is 5.92 Å². The Kier molecular flexibility index (Phi) is 5.61. The lowest BCUT2D eigenvalue weighted by Gasteiger charge is -2.07. The van der Waals surface area contributed by atoms with E-state index in [-0.39, 0.29) is 0 Å². The van der Waals surface area contributed by atoms with Gasteiger partial charge in [0.05, 0.1) is 0 Å². The molecule has 84 valence electrons. The third-order valence-electron chi connectivity index (χ3n) is 2.25. The van der Waals surface area contributed by atoms with Crippen molar-refractivity contribution in [1.29, 1.82) is 0 Å². The van der Waals surface area contributed by atoms with Crippen LogP contribution in [0.3, 0.4) is 0 Å². The van der Waals surface area contributed by atoms with Crippen molar-refractivity contribution in [2.45, 2.75) is 38.6 Å². The number of hydrogen-bond acceptors (Lipinski definition) is 3. The van der Waals surface area contributed by atoms with Gasteiger partial charge in [0.25, 0.3) is 0 Å². The van der Waals surface area contributed by atoms with E-state index in [0.29, 0.717) is 0 Å². The quantitative estimate of drug-likeness (QED) is 0.606. The van der Waals surface area contributed by atoms with E-state index < -0.39 is 0 Å². The van der Waals surface area contributed by atoms with Gasteiger partial charge in [0.15, 0.2) is 0 Å². The summed E-state index contributed by atoms with van der Waals surface area (Å²) < 4.78 is 0.890. The summed E-state index contributed by atoms with van der Waals surface area (Å²) >= 11 is 5.23. The van der Waals surface area contributed by atoms with Gasteiger partial charge in [-0.15, -0.1) is 11.8 Å². The van der Waals surface area contributed by atoms with Crippen LogP contribution in [0.15, 0.2) is 15.7 Å². The highest BCUT2D eigenvalue weighted by molar-refractivity contribution is 9.10. The van der Waals surface area contributed by atoms with Crippen LogP contribution in [-0.2, 0) is 6.42 Å². The molecule has 0 bridgehead atoms. The van der Waals surface area contributed by atoms with Crippen LogP contribution in [0.4, 0.5) is 0 Å². The minimum Gasteiger partial charge on any atom is -0.227 e. The second-order valence-corrected chi connectivity index (χ2v) is 5.48. The maximum Gasteiger partial charge on any atom is 0.130 e. The van der Waals surface area contributed by atoms with E-state index in [9.17, 15) is 0 Å². The SMILES string of the molecule is CCc1nc(Br)cc(SCC(C)CC)n1. The van der Waals surface area contributed by atoms with Gasteiger partial charge in [-0.2, -0.15) is 0 Å². The van der Waals surface area contributed by atoms with Crippen molar-refractivity contribution >= 4 is 27.7 Å². The molecule has 15 heavy (non-hydrogen) atoms. The molecule has 1 atom stereocenters. The first-order chi connectivity index (χ1) is 7.15. The maximum absolute atomic E-state index is 4.48. The topological polar surface area (TPSA) is 25.8 Å². The number of halogens is 1. The molecule has 4 heteroatoms. The third kappa shape index (κ3) is 4.51. The number of nitrogens with zero attached hydrogens (tertiary/aromatic N) is 2. The number of rotatable bonds is 5. The Morgan fingerprint density at radius 2 is 2.13 bits per heavy atom. The molecule has 0 amide bonds. The lowest BCUT2D eigenvalue weighted by Crippen LogP contribution is -1.98. The number of hydrogen-bond donors (Lipinski definition) is 0. The Morgan fingerprint density at radius 3 is 2.73 bits per heavy atom. The molecular formula is C11H17BrN2S. The van der Waals surface area contributed by atoms with Gasteiger partial charge in [-0.1, -0.05) is 27.2 Å². The molecule has 2 nitrogen and oxygen atoms in total. The molecule has 1 unspecified atom stereocenters.